The third-order valence-electron chi connectivity index (χ3n) is 5.04. The molecule has 2 aromatic carbocycles. The molecule has 0 spiro atoms. The van der Waals surface area contributed by atoms with Crippen LogP contribution in [0.1, 0.15) is 28.4 Å². The summed E-state index contributed by atoms with van der Waals surface area (Å²) in [4.78, 5) is 10.8. The van der Waals surface area contributed by atoms with Crippen LogP contribution in [0.2, 0.25) is 0 Å². The predicted octanol–water partition coefficient (Wildman–Crippen LogP) is 2.86. The van der Waals surface area contributed by atoms with Crippen molar-refractivity contribution < 1.29 is 39.1 Å². The van der Waals surface area contributed by atoms with Crippen LogP contribution in [0.3, 0.4) is 0 Å². The summed E-state index contributed by atoms with van der Waals surface area (Å²) in [6, 6.07) is 5.03. The third-order valence-corrected chi connectivity index (χ3v) is 5.04. The average Bonchev–Trinajstić information content (AvgIpc) is 2.73. The summed E-state index contributed by atoms with van der Waals surface area (Å²) in [6.45, 7) is 1.68. The Labute approximate surface area is 173 Å². The number of benzene rings is 2. The first-order valence-corrected chi connectivity index (χ1v) is 9.21. The van der Waals surface area contributed by atoms with Crippen molar-refractivity contribution in [3.63, 3.8) is 0 Å². The van der Waals surface area contributed by atoms with Gasteiger partial charge in [-0.1, -0.05) is 0 Å². The van der Waals surface area contributed by atoms with Gasteiger partial charge in [0.1, 0.15) is 11.5 Å². The molecule has 8 heteroatoms. The van der Waals surface area contributed by atoms with Gasteiger partial charge in [-0.05, 0) is 36.8 Å². The van der Waals surface area contributed by atoms with E-state index in [9.17, 15) is 15.0 Å². The molecular formula is C22H24O8. The van der Waals surface area contributed by atoms with E-state index in [0.29, 0.717) is 45.3 Å². The van der Waals surface area contributed by atoms with Crippen molar-refractivity contribution >= 4 is 12.0 Å². The number of carbonyl (C=O) groups is 1. The van der Waals surface area contributed by atoms with E-state index in [0.717, 1.165) is 6.08 Å². The molecule has 1 heterocycles. The minimum absolute atomic E-state index is 0.0775. The van der Waals surface area contributed by atoms with E-state index in [1.165, 1.54) is 27.4 Å². The fourth-order valence-corrected chi connectivity index (χ4v) is 3.58. The number of ether oxygens (including phenoxy) is 4. The first-order chi connectivity index (χ1) is 14.3. The number of methoxy groups -OCH3 is 3. The summed E-state index contributed by atoms with van der Waals surface area (Å²) in [5.74, 6) is 0.543. The van der Waals surface area contributed by atoms with Gasteiger partial charge in [0.2, 0.25) is 5.75 Å². The molecule has 0 aromatic heterocycles. The number of aliphatic hydroxyl groups excluding tert-OH is 1. The number of rotatable bonds is 6. The number of hydrogen-bond donors (Lipinski definition) is 3. The van der Waals surface area contributed by atoms with Gasteiger partial charge in [-0.3, -0.25) is 0 Å². The molecule has 0 radical (unpaired) electrons. The standard InChI is InChI=1S/C22H24O8/c1-11-19(26)12(5-6-18(24)25)7-13-8-15(23)21(30-20(11)13)14-9-16(27-2)22(29-4)17(10-14)28-3/h5-7,9-10,15,21,23,26H,8H2,1-4H3,(H,24,25)/b6-5-. The molecule has 2 atom stereocenters. The Balaban J connectivity index is 2.04. The lowest BCUT2D eigenvalue weighted by atomic mass is 9.91. The van der Waals surface area contributed by atoms with Crippen LogP contribution in [0.5, 0.6) is 28.7 Å². The zero-order valence-electron chi connectivity index (χ0n) is 17.1. The lowest BCUT2D eigenvalue weighted by Gasteiger charge is -2.33. The minimum Gasteiger partial charge on any atom is -0.507 e. The van der Waals surface area contributed by atoms with Crippen molar-refractivity contribution in [2.24, 2.45) is 0 Å². The lowest BCUT2D eigenvalue weighted by molar-refractivity contribution is -0.131. The maximum Gasteiger partial charge on any atom is 0.328 e. The van der Waals surface area contributed by atoms with Gasteiger partial charge >= 0.3 is 5.97 Å². The number of carboxylic acids is 1. The van der Waals surface area contributed by atoms with Gasteiger partial charge in [0, 0.05) is 29.2 Å². The van der Waals surface area contributed by atoms with Crippen molar-refractivity contribution in [2.45, 2.75) is 25.6 Å². The summed E-state index contributed by atoms with van der Waals surface area (Å²) >= 11 is 0. The summed E-state index contributed by atoms with van der Waals surface area (Å²) in [6.07, 6.45) is 0.888. The molecule has 8 nitrogen and oxygen atoms in total. The van der Waals surface area contributed by atoms with Crippen molar-refractivity contribution in [1.82, 2.24) is 0 Å². The van der Waals surface area contributed by atoms with Crippen molar-refractivity contribution in [1.29, 1.82) is 0 Å². The summed E-state index contributed by atoms with van der Waals surface area (Å²) < 4.78 is 22.2. The summed E-state index contributed by atoms with van der Waals surface area (Å²) in [5.41, 5.74) is 2.10. The van der Waals surface area contributed by atoms with E-state index < -0.39 is 18.2 Å². The molecule has 2 unspecified atom stereocenters. The van der Waals surface area contributed by atoms with Crippen molar-refractivity contribution in [3.05, 3.63) is 46.5 Å². The Hall–Kier alpha value is -3.39. The number of aliphatic hydroxyl groups is 1. The van der Waals surface area contributed by atoms with Crippen LogP contribution < -0.4 is 18.9 Å². The van der Waals surface area contributed by atoms with Crippen molar-refractivity contribution in [2.75, 3.05) is 21.3 Å². The molecule has 0 aliphatic carbocycles. The van der Waals surface area contributed by atoms with Crippen LogP contribution in [0.25, 0.3) is 6.08 Å². The Morgan fingerprint density at radius 1 is 1.13 bits per heavy atom. The monoisotopic (exact) mass is 416 g/mol. The largest absolute Gasteiger partial charge is 0.507 e. The Morgan fingerprint density at radius 3 is 2.30 bits per heavy atom. The first kappa shape index (κ1) is 21.3. The van der Waals surface area contributed by atoms with Crippen LogP contribution in [0.15, 0.2) is 24.3 Å². The zero-order valence-corrected chi connectivity index (χ0v) is 17.1. The van der Waals surface area contributed by atoms with Gasteiger partial charge in [-0.15, -0.1) is 0 Å². The maximum absolute atomic E-state index is 10.8. The minimum atomic E-state index is -1.12. The van der Waals surface area contributed by atoms with Crippen molar-refractivity contribution in [3.8, 4) is 28.7 Å². The van der Waals surface area contributed by atoms with Crippen LogP contribution in [-0.2, 0) is 11.2 Å². The predicted molar refractivity (Wildman–Crippen MR) is 109 cm³/mol. The molecule has 160 valence electrons. The SMILES string of the molecule is COc1cc(C2Oc3c(cc(/C=C\C(=O)O)c(O)c3C)CC2O)cc(OC)c1OC. The third kappa shape index (κ3) is 3.86. The number of aromatic hydroxyl groups is 1. The molecule has 3 N–H and O–H groups in total. The average molecular weight is 416 g/mol. The Kier molecular flexibility index (Phi) is 6.07. The van der Waals surface area contributed by atoms with E-state index in [2.05, 4.69) is 0 Å². The van der Waals surface area contributed by atoms with Gasteiger partial charge < -0.3 is 34.3 Å². The summed E-state index contributed by atoms with van der Waals surface area (Å²) in [7, 11) is 4.51. The smallest absolute Gasteiger partial charge is 0.328 e. The highest BCUT2D eigenvalue weighted by Crippen LogP contribution is 2.45. The highest BCUT2D eigenvalue weighted by atomic mass is 16.5. The van der Waals surface area contributed by atoms with E-state index in [1.807, 2.05) is 0 Å². The van der Waals surface area contributed by atoms with Gasteiger partial charge in [-0.25, -0.2) is 4.79 Å². The second-order valence-corrected chi connectivity index (χ2v) is 6.87. The molecule has 2 aromatic rings. The maximum atomic E-state index is 10.8. The number of aliphatic carboxylic acids is 1. The molecule has 0 bridgehead atoms. The Bertz CT molecular complexity index is 970. The number of fused-ring (bicyclic) bond motifs is 1. The van der Waals surface area contributed by atoms with Gasteiger partial charge in [-0.2, -0.15) is 0 Å². The second-order valence-electron chi connectivity index (χ2n) is 6.87. The molecule has 0 fully saturated rings. The van der Waals surface area contributed by atoms with Crippen LogP contribution in [0.4, 0.5) is 0 Å². The summed E-state index contributed by atoms with van der Waals surface area (Å²) in [5, 5.41) is 30.1. The molecule has 0 saturated heterocycles. The zero-order chi connectivity index (χ0) is 22.0. The molecule has 0 saturated carbocycles. The molecule has 1 aliphatic heterocycles. The topological polar surface area (TPSA) is 115 Å². The lowest BCUT2D eigenvalue weighted by Crippen LogP contribution is -2.31. The first-order valence-electron chi connectivity index (χ1n) is 9.21. The van der Waals surface area contributed by atoms with Gasteiger partial charge in [0.25, 0.3) is 0 Å². The fourth-order valence-electron chi connectivity index (χ4n) is 3.58. The highest BCUT2D eigenvalue weighted by molar-refractivity contribution is 5.86. The number of phenols is 1. The van der Waals surface area contributed by atoms with Crippen LogP contribution in [-0.4, -0.2) is 48.7 Å². The normalized spacial score (nSPS) is 17.9. The molecule has 3 rings (SSSR count). The molecule has 0 amide bonds. The number of hydrogen-bond acceptors (Lipinski definition) is 7. The van der Waals surface area contributed by atoms with E-state index in [-0.39, 0.29) is 12.2 Å². The van der Waals surface area contributed by atoms with E-state index >= 15 is 0 Å². The van der Waals surface area contributed by atoms with Gasteiger partial charge in [0.05, 0.1) is 27.4 Å². The molecule has 1 aliphatic rings. The van der Waals surface area contributed by atoms with E-state index in [1.54, 1.807) is 25.1 Å². The van der Waals surface area contributed by atoms with E-state index in [4.69, 9.17) is 24.1 Å². The molecule has 30 heavy (non-hydrogen) atoms. The molecular weight excluding hydrogens is 392 g/mol. The van der Waals surface area contributed by atoms with Gasteiger partial charge in [0.15, 0.2) is 17.6 Å². The highest BCUT2D eigenvalue weighted by Gasteiger charge is 2.33. The quantitative estimate of drug-likeness (QED) is 0.616. The van der Waals surface area contributed by atoms with Crippen LogP contribution >= 0.6 is 0 Å². The number of carboxylic acid groups (broad SMARTS) is 1. The fraction of sp³-hybridized carbons (Fsp3) is 0.318. The number of phenolic OH excluding ortho intramolecular Hbond substituents is 1. The van der Waals surface area contributed by atoms with Crippen LogP contribution in [0, 0.1) is 6.92 Å². The Morgan fingerprint density at radius 2 is 1.77 bits per heavy atom. The second kappa shape index (κ2) is 8.54.